The molecule has 2 heterocycles. The summed E-state index contributed by atoms with van der Waals surface area (Å²) in [7, 11) is 0. The van der Waals surface area contributed by atoms with Crippen molar-refractivity contribution in [2.24, 2.45) is 0 Å². The molecule has 3 rings (SSSR count). The summed E-state index contributed by atoms with van der Waals surface area (Å²) in [5.74, 6) is 0. The molecule has 82 valence electrons. The van der Waals surface area contributed by atoms with Gasteiger partial charge in [-0.1, -0.05) is 12.8 Å². The normalized spacial score (nSPS) is 21.9. The molecular weight excluding hydrogens is 256 g/mol. The number of fused-ring (bicyclic) bond motifs is 1. The van der Waals surface area contributed by atoms with E-state index in [0.717, 1.165) is 24.2 Å². The molecule has 4 heteroatoms. The molecule has 0 unspecified atom stereocenters. The zero-order valence-corrected chi connectivity index (χ0v) is 10.3. The van der Waals surface area contributed by atoms with Crippen LogP contribution in [0.4, 0.5) is 0 Å². The first-order valence-corrected chi connectivity index (χ1v) is 6.49. The number of ether oxygens (including phenoxy) is 1. The molecule has 2 aliphatic rings. The van der Waals surface area contributed by atoms with E-state index in [0.29, 0.717) is 6.04 Å². The lowest BCUT2D eigenvalue weighted by molar-refractivity contribution is 0.108. The third-order valence-corrected chi connectivity index (χ3v) is 4.11. The average molecular weight is 271 g/mol. The Bertz CT molecular complexity index is 369. The molecule has 1 aliphatic heterocycles. The smallest absolute Gasteiger partial charge is 0.133 e. The number of aromatic nitrogens is 2. The summed E-state index contributed by atoms with van der Waals surface area (Å²) < 4.78 is 8.72. The van der Waals surface area contributed by atoms with Gasteiger partial charge in [0.25, 0.3) is 0 Å². The van der Waals surface area contributed by atoms with Crippen molar-refractivity contribution in [3.63, 3.8) is 0 Å². The number of nitrogens with zero attached hydrogens (tertiary/aromatic N) is 2. The molecule has 0 spiro atoms. The molecule has 15 heavy (non-hydrogen) atoms. The first kappa shape index (κ1) is 9.85. The minimum absolute atomic E-state index is 0.642. The molecule has 3 nitrogen and oxygen atoms in total. The van der Waals surface area contributed by atoms with Crippen LogP contribution in [-0.2, 0) is 17.8 Å². The maximum absolute atomic E-state index is 5.47. The van der Waals surface area contributed by atoms with Crippen molar-refractivity contribution in [2.45, 2.75) is 44.8 Å². The molecule has 0 bridgehead atoms. The molecule has 0 N–H and O–H groups in total. The summed E-state index contributed by atoms with van der Waals surface area (Å²) >= 11 is 3.54. The lowest BCUT2D eigenvalue weighted by Gasteiger charge is -2.18. The second-order valence-corrected chi connectivity index (χ2v) is 5.15. The largest absolute Gasteiger partial charge is 0.376 e. The van der Waals surface area contributed by atoms with Crippen LogP contribution in [0.25, 0.3) is 0 Å². The highest BCUT2D eigenvalue weighted by Gasteiger charge is 2.26. The fourth-order valence-corrected chi connectivity index (χ4v) is 3.19. The molecule has 1 aliphatic carbocycles. The Morgan fingerprint density at radius 1 is 1.33 bits per heavy atom. The summed E-state index contributed by atoms with van der Waals surface area (Å²) in [6, 6.07) is 0.642. The Kier molecular flexibility index (Phi) is 2.56. The molecule has 0 amide bonds. The van der Waals surface area contributed by atoms with Crippen LogP contribution in [0.3, 0.4) is 0 Å². The number of halogens is 1. The lowest BCUT2D eigenvalue weighted by atomic mass is 10.1. The highest BCUT2D eigenvalue weighted by Crippen LogP contribution is 2.34. The van der Waals surface area contributed by atoms with Crippen molar-refractivity contribution < 1.29 is 4.74 Å². The Morgan fingerprint density at radius 2 is 2.13 bits per heavy atom. The van der Waals surface area contributed by atoms with E-state index in [1.165, 1.54) is 36.9 Å². The van der Waals surface area contributed by atoms with Gasteiger partial charge in [-0.05, 0) is 28.8 Å². The van der Waals surface area contributed by atoms with E-state index in [2.05, 4.69) is 25.7 Å². The molecule has 1 fully saturated rings. The number of hydrogen-bond donors (Lipinski definition) is 0. The molecule has 0 saturated heterocycles. The molecule has 0 aromatic carbocycles. The monoisotopic (exact) mass is 270 g/mol. The summed E-state index contributed by atoms with van der Waals surface area (Å²) in [6.07, 6.45) is 6.31. The Hall–Kier alpha value is -0.350. The predicted molar refractivity (Wildman–Crippen MR) is 60.8 cm³/mol. The van der Waals surface area contributed by atoms with Gasteiger partial charge in [-0.15, -0.1) is 0 Å². The first-order chi connectivity index (χ1) is 7.36. The van der Waals surface area contributed by atoms with Crippen molar-refractivity contribution in [2.75, 3.05) is 6.61 Å². The lowest BCUT2D eigenvalue weighted by Crippen LogP contribution is -2.16. The van der Waals surface area contributed by atoms with Crippen molar-refractivity contribution >= 4 is 15.9 Å². The fourth-order valence-electron chi connectivity index (χ4n) is 2.67. The standard InChI is InChI=1S/C11H15BrN2O/c12-11-9-7-15-6-5-10(9)14(13-11)8-3-1-2-4-8/h8H,1-7H2. The van der Waals surface area contributed by atoms with Crippen molar-refractivity contribution in [3.05, 3.63) is 15.9 Å². The number of hydrogen-bond acceptors (Lipinski definition) is 2. The van der Waals surface area contributed by atoms with Gasteiger partial charge in [0.1, 0.15) is 4.60 Å². The Morgan fingerprint density at radius 3 is 2.93 bits per heavy atom. The minimum atomic E-state index is 0.642. The van der Waals surface area contributed by atoms with E-state index < -0.39 is 0 Å². The van der Waals surface area contributed by atoms with Crippen LogP contribution in [0.5, 0.6) is 0 Å². The fraction of sp³-hybridized carbons (Fsp3) is 0.727. The van der Waals surface area contributed by atoms with E-state index >= 15 is 0 Å². The van der Waals surface area contributed by atoms with E-state index in [1.807, 2.05) is 0 Å². The molecule has 1 saturated carbocycles. The Balaban J connectivity index is 1.99. The van der Waals surface area contributed by atoms with Gasteiger partial charge >= 0.3 is 0 Å². The van der Waals surface area contributed by atoms with Gasteiger partial charge in [-0.3, -0.25) is 4.68 Å². The quantitative estimate of drug-likeness (QED) is 0.785. The molecule has 0 radical (unpaired) electrons. The van der Waals surface area contributed by atoms with Crippen LogP contribution >= 0.6 is 15.9 Å². The third kappa shape index (κ3) is 1.64. The molecule has 1 aromatic heterocycles. The van der Waals surface area contributed by atoms with E-state index in [1.54, 1.807) is 0 Å². The van der Waals surface area contributed by atoms with E-state index in [9.17, 15) is 0 Å². The van der Waals surface area contributed by atoms with Crippen molar-refractivity contribution in [3.8, 4) is 0 Å². The summed E-state index contributed by atoms with van der Waals surface area (Å²) in [5, 5.41) is 4.63. The minimum Gasteiger partial charge on any atom is -0.376 e. The zero-order chi connectivity index (χ0) is 10.3. The van der Waals surface area contributed by atoms with Gasteiger partial charge in [0.15, 0.2) is 0 Å². The third-order valence-electron chi connectivity index (χ3n) is 3.47. The summed E-state index contributed by atoms with van der Waals surface area (Å²) in [5.41, 5.74) is 2.67. The zero-order valence-electron chi connectivity index (χ0n) is 8.71. The van der Waals surface area contributed by atoms with Crippen LogP contribution in [-0.4, -0.2) is 16.4 Å². The van der Waals surface area contributed by atoms with Crippen LogP contribution < -0.4 is 0 Å². The topological polar surface area (TPSA) is 27.1 Å². The van der Waals surface area contributed by atoms with Crippen molar-refractivity contribution in [1.82, 2.24) is 9.78 Å². The average Bonchev–Trinajstić information content (AvgIpc) is 2.87. The van der Waals surface area contributed by atoms with Gasteiger partial charge in [-0.25, -0.2) is 0 Å². The van der Waals surface area contributed by atoms with Crippen LogP contribution in [0.2, 0.25) is 0 Å². The Labute approximate surface area is 97.9 Å². The van der Waals surface area contributed by atoms with Gasteiger partial charge in [-0.2, -0.15) is 5.10 Å². The highest BCUT2D eigenvalue weighted by atomic mass is 79.9. The van der Waals surface area contributed by atoms with Crippen LogP contribution in [0.1, 0.15) is 43.0 Å². The van der Waals surface area contributed by atoms with Gasteiger partial charge in [0.05, 0.1) is 19.3 Å². The molecular formula is C11H15BrN2O. The summed E-state index contributed by atoms with van der Waals surface area (Å²) in [4.78, 5) is 0. The molecule has 1 aromatic rings. The first-order valence-electron chi connectivity index (χ1n) is 5.70. The number of rotatable bonds is 1. The maximum Gasteiger partial charge on any atom is 0.133 e. The SMILES string of the molecule is Brc1nn(C2CCCC2)c2c1COCC2. The van der Waals surface area contributed by atoms with Crippen LogP contribution in [0.15, 0.2) is 4.60 Å². The van der Waals surface area contributed by atoms with Crippen LogP contribution in [0, 0.1) is 0 Å². The second-order valence-electron chi connectivity index (χ2n) is 4.40. The predicted octanol–water partition coefficient (Wildman–Crippen LogP) is 2.83. The second kappa shape index (κ2) is 3.91. The summed E-state index contributed by atoms with van der Waals surface area (Å²) in [6.45, 7) is 1.57. The molecule has 0 atom stereocenters. The van der Waals surface area contributed by atoms with E-state index in [-0.39, 0.29) is 0 Å². The van der Waals surface area contributed by atoms with Gasteiger partial charge in [0, 0.05) is 17.7 Å². The van der Waals surface area contributed by atoms with Gasteiger partial charge in [0.2, 0.25) is 0 Å². The van der Waals surface area contributed by atoms with E-state index in [4.69, 9.17) is 4.74 Å². The van der Waals surface area contributed by atoms with Gasteiger partial charge < -0.3 is 4.74 Å². The maximum atomic E-state index is 5.47. The highest BCUT2D eigenvalue weighted by molar-refractivity contribution is 9.10. The van der Waals surface area contributed by atoms with Crippen molar-refractivity contribution in [1.29, 1.82) is 0 Å².